The fourth-order valence-corrected chi connectivity index (χ4v) is 2.84. The van der Waals surface area contributed by atoms with Crippen molar-refractivity contribution >= 4 is 17.7 Å². The molecule has 2 rings (SSSR count). The van der Waals surface area contributed by atoms with Gasteiger partial charge in [0.15, 0.2) is 5.78 Å². The molecule has 2 N–H and O–H groups in total. The van der Waals surface area contributed by atoms with E-state index in [1.54, 1.807) is 31.2 Å². The Labute approximate surface area is 147 Å². The van der Waals surface area contributed by atoms with Gasteiger partial charge in [0, 0.05) is 5.56 Å². The number of hydrogen-bond donors (Lipinski definition) is 2. The molecule has 1 fully saturated rings. The van der Waals surface area contributed by atoms with E-state index < -0.39 is 17.7 Å². The second kappa shape index (κ2) is 7.65. The summed E-state index contributed by atoms with van der Waals surface area (Å²) in [6.45, 7) is 4.84. The highest BCUT2D eigenvalue weighted by Crippen LogP contribution is 2.23. The third kappa shape index (κ3) is 4.36. The van der Waals surface area contributed by atoms with Crippen LogP contribution < -0.4 is 10.1 Å². The number of rotatable bonds is 8. The van der Waals surface area contributed by atoms with Gasteiger partial charge in [-0.15, -0.1) is 0 Å². The molecule has 1 aliphatic rings. The van der Waals surface area contributed by atoms with E-state index in [-0.39, 0.29) is 24.8 Å². The standard InChI is InChI=1S/C18H24N2O5/c1-4-8-18(3)16(23)20(17(24)19-18)10-14(22)11-25-15-7-5-6-13(9-15)12(2)21/h5-7,9,14,22H,4,8,10-11H2,1-3H3,(H,19,24)/t14-,18-/m1/s1. The Morgan fingerprint density at radius 1 is 1.40 bits per heavy atom. The summed E-state index contributed by atoms with van der Waals surface area (Å²) in [5.41, 5.74) is -0.404. The number of β-amino-alcohol motifs (C(OH)–C–C–N with tert-alkyl or cyclic N) is 1. The Morgan fingerprint density at radius 3 is 2.76 bits per heavy atom. The molecule has 1 aliphatic heterocycles. The van der Waals surface area contributed by atoms with Crippen LogP contribution in [0.2, 0.25) is 0 Å². The predicted molar refractivity (Wildman–Crippen MR) is 91.5 cm³/mol. The molecule has 0 aromatic heterocycles. The number of carbonyl (C=O) groups excluding carboxylic acids is 3. The smallest absolute Gasteiger partial charge is 0.325 e. The van der Waals surface area contributed by atoms with Crippen molar-refractivity contribution in [2.45, 2.75) is 45.3 Å². The van der Waals surface area contributed by atoms with Gasteiger partial charge in [0.2, 0.25) is 0 Å². The molecule has 1 heterocycles. The molecule has 0 saturated carbocycles. The lowest BCUT2D eigenvalue weighted by atomic mass is 9.96. The fraction of sp³-hybridized carbons (Fsp3) is 0.500. The van der Waals surface area contributed by atoms with Crippen LogP contribution >= 0.6 is 0 Å². The van der Waals surface area contributed by atoms with E-state index >= 15 is 0 Å². The van der Waals surface area contributed by atoms with Gasteiger partial charge in [-0.2, -0.15) is 0 Å². The number of benzene rings is 1. The number of ether oxygens (including phenoxy) is 1. The van der Waals surface area contributed by atoms with Crippen LogP contribution in [0.4, 0.5) is 4.79 Å². The number of aliphatic hydroxyl groups is 1. The Hall–Kier alpha value is -2.41. The minimum absolute atomic E-state index is 0.0828. The first kappa shape index (κ1) is 18.9. The molecular formula is C18H24N2O5. The van der Waals surface area contributed by atoms with Crippen molar-refractivity contribution in [1.29, 1.82) is 0 Å². The summed E-state index contributed by atoms with van der Waals surface area (Å²) in [6.07, 6.45) is 0.271. The Balaban J connectivity index is 1.93. The van der Waals surface area contributed by atoms with Gasteiger partial charge in [0.05, 0.1) is 6.54 Å². The van der Waals surface area contributed by atoms with E-state index in [2.05, 4.69) is 5.32 Å². The highest BCUT2D eigenvalue weighted by atomic mass is 16.5. The van der Waals surface area contributed by atoms with Gasteiger partial charge in [0.1, 0.15) is 24.0 Å². The lowest BCUT2D eigenvalue weighted by Crippen LogP contribution is -2.44. The van der Waals surface area contributed by atoms with Crippen molar-refractivity contribution in [1.82, 2.24) is 10.2 Å². The van der Waals surface area contributed by atoms with Crippen molar-refractivity contribution < 1.29 is 24.2 Å². The van der Waals surface area contributed by atoms with Crippen LogP contribution in [-0.4, -0.2) is 52.5 Å². The summed E-state index contributed by atoms with van der Waals surface area (Å²) in [5, 5.41) is 12.8. The maximum Gasteiger partial charge on any atom is 0.325 e. The van der Waals surface area contributed by atoms with Crippen LogP contribution in [0.25, 0.3) is 0 Å². The lowest BCUT2D eigenvalue weighted by Gasteiger charge is -2.22. The molecule has 1 aromatic rings. The van der Waals surface area contributed by atoms with E-state index in [0.29, 0.717) is 17.7 Å². The zero-order valence-electron chi connectivity index (χ0n) is 14.7. The van der Waals surface area contributed by atoms with Crippen molar-refractivity contribution in [3.63, 3.8) is 0 Å². The summed E-state index contributed by atoms with van der Waals surface area (Å²) in [4.78, 5) is 36.8. The number of imide groups is 1. The molecule has 0 radical (unpaired) electrons. The normalized spacial score (nSPS) is 21.2. The molecule has 0 unspecified atom stereocenters. The molecule has 25 heavy (non-hydrogen) atoms. The summed E-state index contributed by atoms with van der Waals surface area (Å²) in [6, 6.07) is 6.12. The van der Waals surface area contributed by atoms with Gasteiger partial charge in [-0.05, 0) is 32.4 Å². The number of nitrogens with zero attached hydrogens (tertiary/aromatic N) is 1. The quantitative estimate of drug-likeness (QED) is 0.551. The van der Waals surface area contributed by atoms with Crippen molar-refractivity contribution in [3.8, 4) is 5.75 Å². The maximum atomic E-state index is 12.4. The van der Waals surface area contributed by atoms with Gasteiger partial charge in [-0.25, -0.2) is 4.79 Å². The average molecular weight is 348 g/mol. The Bertz CT molecular complexity index is 675. The van der Waals surface area contributed by atoms with Crippen molar-refractivity contribution in [3.05, 3.63) is 29.8 Å². The molecule has 1 aromatic carbocycles. The van der Waals surface area contributed by atoms with Crippen LogP contribution in [0.1, 0.15) is 44.0 Å². The monoisotopic (exact) mass is 348 g/mol. The second-order valence-electron chi connectivity index (χ2n) is 6.48. The number of aliphatic hydroxyl groups excluding tert-OH is 1. The summed E-state index contributed by atoms with van der Waals surface area (Å²) >= 11 is 0. The summed E-state index contributed by atoms with van der Waals surface area (Å²) < 4.78 is 5.47. The first-order valence-corrected chi connectivity index (χ1v) is 8.33. The van der Waals surface area contributed by atoms with E-state index in [4.69, 9.17) is 4.74 Å². The molecule has 2 atom stereocenters. The topological polar surface area (TPSA) is 95.9 Å². The first-order valence-electron chi connectivity index (χ1n) is 8.33. The SMILES string of the molecule is CCC[C@@]1(C)NC(=O)N(C[C@@H](O)COc2cccc(C(C)=O)c2)C1=O. The van der Waals surface area contributed by atoms with Crippen LogP contribution in [0.3, 0.4) is 0 Å². The van der Waals surface area contributed by atoms with Gasteiger partial charge in [-0.1, -0.05) is 25.5 Å². The van der Waals surface area contributed by atoms with E-state index in [0.717, 1.165) is 11.3 Å². The number of carbonyl (C=O) groups is 3. The average Bonchev–Trinajstić information content (AvgIpc) is 2.77. The molecule has 7 heteroatoms. The Kier molecular flexibility index (Phi) is 5.79. The number of urea groups is 1. The zero-order chi connectivity index (χ0) is 18.6. The van der Waals surface area contributed by atoms with Crippen LogP contribution in [0, 0.1) is 0 Å². The third-order valence-corrected chi connectivity index (χ3v) is 4.17. The molecule has 3 amide bonds. The second-order valence-corrected chi connectivity index (χ2v) is 6.48. The molecular weight excluding hydrogens is 324 g/mol. The van der Waals surface area contributed by atoms with Gasteiger partial charge < -0.3 is 15.2 Å². The third-order valence-electron chi connectivity index (χ3n) is 4.17. The van der Waals surface area contributed by atoms with Crippen LogP contribution in [-0.2, 0) is 4.79 Å². The van der Waals surface area contributed by atoms with Crippen molar-refractivity contribution in [2.24, 2.45) is 0 Å². The molecule has 7 nitrogen and oxygen atoms in total. The molecule has 0 bridgehead atoms. The first-order chi connectivity index (χ1) is 11.8. The number of nitrogens with one attached hydrogen (secondary N) is 1. The van der Waals surface area contributed by atoms with Gasteiger partial charge in [-0.3, -0.25) is 14.5 Å². The van der Waals surface area contributed by atoms with Gasteiger partial charge in [0.25, 0.3) is 5.91 Å². The molecule has 0 aliphatic carbocycles. The zero-order valence-corrected chi connectivity index (χ0v) is 14.7. The van der Waals surface area contributed by atoms with Crippen molar-refractivity contribution in [2.75, 3.05) is 13.2 Å². The Morgan fingerprint density at radius 2 is 2.12 bits per heavy atom. The maximum absolute atomic E-state index is 12.4. The van der Waals surface area contributed by atoms with E-state index in [9.17, 15) is 19.5 Å². The van der Waals surface area contributed by atoms with E-state index in [1.807, 2.05) is 6.92 Å². The van der Waals surface area contributed by atoms with Crippen LogP contribution in [0.5, 0.6) is 5.75 Å². The minimum Gasteiger partial charge on any atom is -0.491 e. The lowest BCUT2D eigenvalue weighted by molar-refractivity contribution is -0.132. The minimum atomic E-state index is -1.03. The highest BCUT2D eigenvalue weighted by molar-refractivity contribution is 6.06. The highest BCUT2D eigenvalue weighted by Gasteiger charge is 2.47. The number of ketones is 1. The number of amides is 3. The van der Waals surface area contributed by atoms with Gasteiger partial charge >= 0.3 is 6.03 Å². The number of Topliss-reactive ketones (excluding diaryl/α,β-unsaturated/α-hetero) is 1. The van der Waals surface area contributed by atoms with Crippen LogP contribution in [0.15, 0.2) is 24.3 Å². The molecule has 136 valence electrons. The molecule has 1 saturated heterocycles. The summed E-state index contributed by atoms with van der Waals surface area (Å²) in [7, 11) is 0. The van der Waals surface area contributed by atoms with E-state index in [1.165, 1.54) is 6.92 Å². The fourth-order valence-electron chi connectivity index (χ4n) is 2.84. The molecule has 0 spiro atoms. The predicted octanol–water partition coefficient (Wildman–Crippen LogP) is 1.74. The largest absolute Gasteiger partial charge is 0.491 e. The summed E-state index contributed by atoms with van der Waals surface area (Å²) in [5.74, 6) is 0.0253. The number of hydrogen-bond acceptors (Lipinski definition) is 5.